The van der Waals surface area contributed by atoms with Crippen molar-refractivity contribution in [2.24, 2.45) is 0 Å². The summed E-state index contributed by atoms with van der Waals surface area (Å²) < 4.78 is 0. The predicted octanol–water partition coefficient (Wildman–Crippen LogP) is 0.725. The van der Waals surface area contributed by atoms with E-state index in [1.165, 1.54) is 0 Å². The Morgan fingerprint density at radius 1 is 1.53 bits per heavy atom. The zero-order valence-electron chi connectivity index (χ0n) is 9.65. The van der Waals surface area contributed by atoms with Crippen molar-refractivity contribution >= 4 is 11.8 Å². The van der Waals surface area contributed by atoms with Crippen LogP contribution in [0.5, 0.6) is 0 Å². The van der Waals surface area contributed by atoms with Crippen LogP contribution >= 0.6 is 0 Å². The van der Waals surface area contributed by atoms with Crippen molar-refractivity contribution in [2.45, 2.75) is 19.4 Å². The molecule has 1 aromatic rings. The standard InChI is InChI=1S/C10H18N4O/c1-10(2,15)7-14(4)8-5-6-12-9(11-3)13-8/h5-6,15H,7H2,1-4H3,(H,11,12,13). The van der Waals surface area contributed by atoms with Crippen LogP contribution in [0.4, 0.5) is 11.8 Å². The Hall–Kier alpha value is -1.36. The predicted molar refractivity (Wildman–Crippen MR) is 61.1 cm³/mol. The lowest BCUT2D eigenvalue weighted by Gasteiger charge is -2.26. The third kappa shape index (κ3) is 3.71. The molecule has 0 aromatic carbocycles. The normalized spacial score (nSPS) is 11.3. The maximum absolute atomic E-state index is 9.68. The Morgan fingerprint density at radius 2 is 2.20 bits per heavy atom. The van der Waals surface area contributed by atoms with E-state index in [-0.39, 0.29) is 0 Å². The summed E-state index contributed by atoms with van der Waals surface area (Å²) in [6.45, 7) is 4.06. The molecule has 0 fully saturated rings. The van der Waals surface area contributed by atoms with E-state index >= 15 is 0 Å². The zero-order valence-corrected chi connectivity index (χ0v) is 9.65. The fourth-order valence-electron chi connectivity index (χ4n) is 1.34. The fourth-order valence-corrected chi connectivity index (χ4v) is 1.34. The van der Waals surface area contributed by atoms with Crippen molar-refractivity contribution in [3.05, 3.63) is 12.3 Å². The minimum Gasteiger partial charge on any atom is -0.389 e. The molecule has 0 aliphatic heterocycles. The molecule has 0 aliphatic carbocycles. The summed E-state index contributed by atoms with van der Waals surface area (Å²) in [6.07, 6.45) is 1.69. The van der Waals surface area contributed by atoms with Gasteiger partial charge in [-0.3, -0.25) is 0 Å². The van der Waals surface area contributed by atoms with Crippen molar-refractivity contribution in [3.8, 4) is 0 Å². The first-order chi connectivity index (χ1) is 6.92. The average Bonchev–Trinajstić information content (AvgIpc) is 2.15. The summed E-state index contributed by atoms with van der Waals surface area (Å²) >= 11 is 0. The Balaban J connectivity index is 2.77. The van der Waals surface area contributed by atoms with Gasteiger partial charge in [-0.1, -0.05) is 0 Å². The largest absolute Gasteiger partial charge is 0.389 e. The first-order valence-electron chi connectivity index (χ1n) is 4.87. The van der Waals surface area contributed by atoms with Gasteiger partial charge < -0.3 is 15.3 Å². The van der Waals surface area contributed by atoms with Gasteiger partial charge in [0.05, 0.1) is 5.60 Å². The van der Waals surface area contributed by atoms with Crippen LogP contribution in [0.1, 0.15) is 13.8 Å². The van der Waals surface area contributed by atoms with E-state index in [1.807, 2.05) is 18.0 Å². The number of anilines is 2. The molecule has 0 spiro atoms. The first kappa shape index (κ1) is 11.7. The number of likely N-dealkylation sites (N-methyl/N-ethyl adjacent to an activating group) is 1. The number of rotatable bonds is 4. The Bertz CT molecular complexity index is 321. The summed E-state index contributed by atoms with van der Waals surface area (Å²) in [7, 11) is 3.66. The van der Waals surface area contributed by atoms with Crippen LogP contribution in [0.25, 0.3) is 0 Å². The van der Waals surface area contributed by atoms with Crippen LogP contribution in [-0.2, 0) is 0 Å². The average molecular weight is 210 g/mol. The molecule has 5 nitrogen and oxygen atoms in total. The van der Waals surface area contributed by atoms with Gasteiger partial charge in [0.2, 0.25) is 5.95 Å². The number of nitrogens with one attached hydrogen (secondary N) is 1. The van der Waals surface area contributed by atoms with Crippen LogP contribution in [0.2, 0.25) is 0 Å². The molecule has 0 unspecified atom stereocenters. The molecule has 0 atom stereocenters. The number of aromatic nitrogens is 2. The highest BCUT2D eigenvalue weighted by Gasteiger charge is 2.16. The van der Waals surface area contributed by atoms with Gasteiger partial charge in [0.1, 0.15) is 5.82 Å². The van der Waals surface area contributed by atoms with Crippen molar-refractivity contribution in [2.75, 3.05) is 30.9 Å². The number of nitrogens with zero attached hydrogens (tertiary/aromatic N) is 3. The van der Waals surface area contributed by atoms with Gasteiger partial charge in [0.15, 0.2) is 0 Å². The van der Waals surface area contributed by atoms with Crippen molar-refractivity contribution < 1.29 is 5.11 Å². The molecule has 0 saturated carbocycles. The molecular formula is C10H18N4O. The maximum Gasteiger partial charge on any atom is 0.224 e. The number of hydrogen-bond donors (Lipinski definition) is 2. The minimum atomic E-state index is -0.737. The molecular weight excluding hydrogens is 192 g/mol. The van der Waals surface area contributed by atoms with Crippen molar-refractivity contribution in [1.29, 1.82) is 0 Å². The van der Waals surface area contributed by atoms with Crippen molar-refractivity contribution in [1.82, 2.24) is 9.97 Å². The molecule has 0 aliphatic rings. The second kappa shape index (κ2) is 4.44. The van der Waals surface area contributed by atoms with E-state index < -0.39 is 5.60 Å². The molecule has 1 rings (SSSR count). The lowest BCUT2D eigenvalue weighted by Crippen LogP contribution is -2.36. The van der Waals surface area contributed by atoms with Crippen LogP contribution < -0.4 is 10.2 Å². The van der Waals surface area contributed by atoms with E-state index in [4.69, 9.17) is 0 Å². The maximum atomic E-state index is 9.68. The van der Waals surface area contributed by atoms with Gasteiger partial charge in [-0.25, -0.2) is 4.98 Å². The van der Waals surface area contributed by atoms with Gasteiger partial charge in [-0.15, -0.1) is 0 Å². The zero-order chi connectivity index (χ0) is 11.5. The van der Waals surface area contributed by atoms with E-state index in [0.29, 0.717) is 12.5 Å². The van der Waals surface area contributed by atoms with Crippen LogP contribution in [-0.4, -0.2) is 41.3 Å². The number of hydrogen-bond acceptors (Lipinski definition) is 5. The monoisotopic (exact) mass is 210 g/mol. The highest BCUT2D eigenvalue weighted by Crippen LogP contribution is 2.13. The molecule has 0 bridgehead atoms. The van der Waals surface area contributed by atoms with E-state index in [9.17, 15) is 5.11 Å². The first-order valence-corrected chi connectivity index (χ1v) is 4.87. The summed E-state index contributed by atoms with van der Waals surface area (Å²) in [6, 6.07) is 1.81. The Morgan fingerprint density at radius 3 is 2.73 bits per heavy atom. The molecule has 1 aromatic heterocycles. The lowest BCUT2D eigenvalue weighted by atomic mass is 10.1. The third-order valence-electron chi connectivity index (χ3n) is 1.88. The van der Waals surface area contributed by atoms with Gasteiger partial charge in [-0.05, 0) is 19.9 Å². The summed E-state index contributed by atoms with van der Waals surface area (Å²) in [4.78, 5) is 10.2. The molecule has 5 heteroatoms. The third-order valence-corrected chi connectivity index (χ3v) is 1.88. The summed E-state index contributed by atoms with van der Waals surface area (Å²) in [5.41, 5.74) is -0.737. The topological polar surface area (TPSA) is 61.3 Å². The molecule has 84 valence electrons. The van der Waals surface area contributed by atoms with Crippen LogP contribution in [0, 0.1) is 0 Å². The van der Waals surface area contributed by atoms with E-state index in [2.05, 4.69) is 15.3 Å². The Labute approximate surface area is 90.2 Å². The fraction of sp³-hybridized carbons (Fsp3) is 0.600. The van der Waals surface area contributed by atoms with Crippen molar-refractivity contribution in [3.63, 3.8) is 0 Å². The van der Waals surface area contributed by atoms with Crippen LogP contribution in [0.15, 0.2) is 12.3 Å². The molecule has 0 amide bonds. The minimum absolute atomic E-state index is 0.521. The molecule has 2 N–H and O–H groups in total. The van der Waals surface area contributed by atoms with Crippen LogP contribution in [0.3, 0.4) is 0 Å². The molecule has 0 saturated heterocycles. The van der Waals surface area contributed by atoms with Gasteiger partial charge in [0, 0.05) is 26.8 Å². The Kier molecular flexibility index (Phi) is 3.47. The van der Waals surface area contributed by atoms with E-state index in [1.54, 1.807) is 27.1 Å². The summed E-state index contributed by atoms with van der Waals surface area (Å²) in [5, 5.41) is 12.5. The number of aliphatic hydroxyl groups is 1. The summed E-state index contributed by atoms with van der Waals surface area (Å²) in [5.74, 6) is 1.37. The second-order valence-corrected chi connectivity index (χ2v) is 4.16. The molecule has 1 heterocycles. The highest BCUT2D eigenvalue weighted by atomic mass is 16.3. The highest BCUT2D eigenvalue weighted by molar-refractivity contribution is 5.41. The van der Waals surface area contributed by atoms with Gasteiger partial charge in [-0.2, -0.15) is 4.98 Å². The SMILES string of the molecule is CNc1nccc(N(C)CC(C)(C)O)n1. The van der Waals surface area contributed by atoms with E-state index in [0.717, 1.165) is 5.82 Å². The second-order valence-electron chi connectivity index (χ2n) is 4.16. The van der Waals surface area contributed by atoms with Gasteiger partial charge in [0.25, 0.3) is 0 Å². The lowest BCUT2D eigenvalue weighted by molar-refractivity contribution is 0.0884. The smallest absolute Gasteiger partial charge is 0.224 e. The molecule has 0 radical (unpaired) electrons. The van der Waals surface area contributed by atoms with Gasteiger partial charge >= 0.3 is 0 Å². The molecule has 15 heavy (non-hydrogen) atoms. The quantitative estimate of drug-likeness (QED) is 0.767.